The summed E-state index contributed by atoms with van der Waals surface area (Å²) in [5, 5.41) is 12.5. The van der Waals surface area contributed by atoms with Gasteiger partial charge in [0, 0.05) is 19.2 Å². The molecule has 1 fully saturated rings. The summed E-state index contributed by atoms with van der Waals surface area (Å²) >= 11 is 0. The Kier molecular flexibility index (Phi) is 5.36. The number of rotatable bonds is 5. The minimum absolute atomic E-state index is 0.247. The van der Waals surface area contributed by atoms with Crippen molar-refractivity contribution < 1.29 is 9.90 Å². The molecule has 1 aliphatic carbocycles. The van der Waals surface area contributed by atoms with Crippen molar-refractivity contribution in [3.63, 3.8) is 0 Å². The molecule has 1 amide bonds. The quantitative estimate of drug-likeness (QED) is 0.569. The third-order valence-electron chi connectivity index (χ3n) is 2.92. The fraction of sp³-hybridized carbons (Fsp3) is 0.727. The Balaban J connectivity index is 2.26. The van der Waals surface area contributed by atoms with Crippen LogP contribution in [0.2, 0.25) is 0 Å². The number of amides is 1. The van der Waals surface area contributed by atoms with Crippen molar-refractivity contribution in [2.75, 3.05) is 13.2 Å². The van der Waals surface area contributed by atoms with E-state index in [9.17, 15) is 9.90 Å². The van der Waals surface area contributed by atoms with Crippen LogP contribution in [0.1, 0.15) is 25.7 Å². The van der Waals surface area contributed by atoms with Crippen LogP contribution in [0.25, 0.3) is 0 Å². The minimum atomic E-state index is -0.417. The van der Waals surface area contributed by atoms with E-state index in [-0.39, 0.29) is 6.61 Å². The van der Waals surface area contributed by atoms with E-state index < -0.39 is 5.91 Å². The highest BCUT2D eigenvalue weighted by Crippen LogP contribution is 2.23. The lowest BCUT2D eigenvalue weighted by atomic mass is 9.85. The normalized spacial score (nSPS) is 27.0. The van der Waals surface area contributed by atoms with Gasteiger partial charge in [-0.3, -0.25) is 4.79 Å². The van der Waals surface area contributed by atoms with Crippen molar-refractivity contribution in [1.82, 2.24) is 5.32 Å². The minimum Gasteiger partial charge on any atom is -0.396 e. The lowest BCUT2D eigenvalue weighted by Gasteiger charge is -2.30. The Morgan fingerprint density at radius 3 is 2.87 bits per heavy atom. The van der Waals surface area contributed by atoms with Gasteiger partial charge < -0.3 is 16.2 Å². The number of hydrogen-bond donors (Lipinski definition) is 3. The van der Waals surface area contributed by atoms with Crippen molar-refractivity contribution >= 4 is 5.91 Å². The Hall–Kier alpha value is -0.870. The third kappa shape index (κ3) is 4.44. The van der Waals surface area contributed by atoms with Crippen molar-refractivity contribution in [3.8, 4) is 0 Å². The molecule has 4 N–H and O–H groups in total. The molecule has 1 aliphatic rings. The Morgan fingerprint density at radius 2 is 2.20 bits per heavy atom. The number of carbonyl (C=O) groups is 1. The largest absolute Gasteiger partial charge is 0.396 e. The van der Waals surface area contributed by atoms with Crippen molar-refractivity contribution in [2.24, 2.45) is 11.7 Å². The number of aliphatic hydroxyl groups excluding tert-OH is 1. The summed E-state index contributed by atoms with van der Waals surface area (Å²) < 4.78 is 0. The van der Waals surface area contributed by atoms with E-state index in [4.69, 9.17) is 5.73 Å². The molecule has 86 valence electrons. The lowest BCUT2D eigenvalue weighted by Crippen LogP contribution is -2.40. The van der Waals surface area contributed by atoms with Crippen LogP contribution in [0.15, 0.2) is 12.2 Å². The molecule has 0 aromatic rings. The summed E-state index contributed by atoms with van der Waals surface area (Å²) in [5.74, 6) is -0.0557. The van der Waals surface area contributed by atoms with Gasteiger partial charge in [-0.1, -0.05) is 18.9 Å². The van der Waals surface area contributed by atoms with Gasteiger partial charge in [-0.15, -0.1) is 0 Å². The summed E-state index contributed by atoms with van der Waals surface area (Å²) in [6.07, 6.45) is 7.72. The second-order valence-corrected chi connectivity index (χ2v) is 4.05. The maximum absolute atomic E-state index is 10.4. The molecule has 2 atom stereocenters. The predicted octanol–water partition coefficient (Wildman–Crippen LogP) is 0.169. The maximum atomic E-state index is 10.4. The topological polar surface area (TPSA) is 75.4 Å². The molecule has 0 saturated heterocycles. The Bertz CT molecular complexity index is 229. The molecule has 0 aromatic carbocycles. The molecule has 1 saturated carbocycles. The van der Waals surface area contributed by atoms with Crippen LogP contribution >= 0.6 is 0 Å². The molecule has 0 bridgehead atoms. The summed E-state index contributed by atoms with van der Waals surface area (Å²) in [7, 11) is 0. The molecule has 4 heteroatoms. The van der Waals surface area contributed by atoms with Crippen LogP contribution in [0.3, 0.4) is 0 Å². The maximum Gasteiger partial charge on any atom is 0.241 e. The Labute approximate surface area is 90.5 Å². The SMILES string of the molecule is NC(=O)C=CCNC1CCCCC1CO. The average molecular weight is 212 g/mol. The summed E-state index contributed by atoms with van der Waals surface area (Å²) in [6.45, 7) is 0.890. The number of nitrogens with two attached hydrogens (primary N) is 1. The zero-order valence-corrected chi connectivity index (χ0v) is 8.98. The molecule has 4 nitrogen and oxygen atoms in total. The number of carbonyl (C=O) groups excluding carboxylic acids is 1. The zero-order valence-electron chi connectivity index (χ0n) is 8.98. The van der Waals surface area contributed by atoms with Gasteiger partial charge in [0.05, 0.1) is 0 Å². The first-order valence-electron chi connectivity index (χ1n) is 5.54. The highest BCUT2D eigenvalue weighted by Gasteiger charge is 2.23. The van der Waals surface area contributed by atoms with Gasteiger partial charge in [0.25, 0.3) is 0 Å². The lowest BCUT2D eigenvalue weighted by molar-refractivity contribution is -0.113. The summed E-state index contributed by atoms with van der Waals surface area (Å²) in [4.78, 5) is 10.4. The average Bonchev–Trinajstić information content (AvgIpc) is 2.24. The van der Waals surface area contributed by atoms with Crippen LogP contribution < -0.4 is 11.1 Å². The Morgan fingerprint density at radius 1 is 1.47 bits per heavy atom. The monoisotopic (exact) mass is 212 g/mol. The van der Waals surface area contributed by atoms with Crippen LogP contribution in [-0.2, 0) is 4.79 Å². The van der Waals surface area contributed by atoms with E-state index in [0.717, 1.165) is 12.8 Å². The number of primary amides is 1. The third-order valence-corrected chi connectivity index (χ3v) is 2.92. The molecule has 0 aromatic heterocycles. The van der Waals surface area contributed by atoms with Crippen LogP contribution in [0.4, 0.5) is 0 Å². The summed E-state index contributed by atoms with van der Waals surface area (Å²) in [5.41, 5.74) is 4.97. The van der Waals surface area contributed by atoms with Crippen molar-refractivity contribution in [2.45, 2.75) is 31.7 Å². The van der Waals surface area contributed by atoms with Crippen LogP contribution in [-0.4, -0.2) is 30.2 Å². The van der Waals surface area contributed by atoms with Gasteiger partial charge in [0.2, 0.25) is 5.91 Å². The smallest absolute Gasteiger partial charge is 0.241 e. The zero-order chi connectivity index (χ0) is 11.1. The predicted molar refractivity (Wildman–Crippen MR) is 59.2 cm³/mol. The highest BCUT2D eigenvalue weighted by atomic mass is 16.3. The van der Waals surface area contributed by atoms with E-state index in [0.29, 0.717) is 18.5 Å². The second kappa shape index (κ2) is 6.58. The molecular formula is C11H20N2O2. The van der Waals surface area contributed by atoms with E-state index in [1.807, 2.05) is 0 Å². The van der Waals surface area contributed by atoms with Crippen molar-refractivity contribution in [3.05, 3.63) is 12.2 Å². The molecule has 15 heavy (non-hydrogen) atoms. The number of hydrogen-bond acceptors (Lipinski definition) is 3. The van der Waals surface area contributed by atoms with Crippen molar-refractivity contribution in [1.29, 1.82) is 0 Å². The number of aliphatic hydroxyl groups is 1. The fourth-order valence-corrected chi connectivity index (χ4v) is 2.09. The first-order chi connectivity index (χ1) is 7.24. The standard InChI is InChI=1S/C11H20N2O2/c12-11(15)6-3-7-13-10-5-2-1-4-9(10)8-14/h3,6,9-10,13-14H,1-2,4-5,7-8H2,(H2,12,15). The van der Waals surface area contributed by atoms with Gasteiger partial charge in [-0.05, 0) is 24.8 Å². The van der Waals surface area contributed by atoms with E-state index >= 15 is 0 Å². The summed E-state index contributed by atoms with van der Waals surface area (Å²) in [6, 6.07) is 0.376. The molecule has 2 unspecified atom stereocenters. The fourth-order valence-electron chi connectivity index (χ4n) is 2.09. The first kappa shape index (κ1) is 12.2. The molecule has 0 aliphatic heterocycles. The van der Waals surface area contributed by atoms with Gasteiger partial charge >= 0.3 is 0 Å². The van der Waals surface area contributed by atoms with Gasteiger partial charge in [0.1, 0.15) is 0 Å². The van der Waals surface area contributed by atoms with E-state index in [1.54, 1.807) is 6.08 Å². The van der Waals surface area contributed by atoms with Crippen LogP contribution in [0, 0.1) is 5.92 Å². The number of nitrogens with one attached hydrogen (secondary N) is 1. The van der Waals surface area contributed by atoms with Gasteiger partial charge in [-0.2, -0.15) is 0 Å². The van der Waals surface area contributed by atoms with Crippen LogP contribution in [0.5, 0.6) is 0 Å². The van der Waals surface area contributed by atoms with Gasteiger partial charge in [-0.25, -0.2) is 0 Å². The second-order valence-electron chi connectivity index (χ2n) is 4.05. The van der Waals surface area contributed by atoms with E-state index in [2.05, 4.69) is 5.32 Å². The molecule has 0 heterocycles. The molecular weight excluding hydrogens is 192 g/mol. The van der Waals surface area contributed by atoms with Gasteiger partial charge in [0.15, 0.2) is 0 Å². The molecule has 0 spiro atoms. The highest BCUT2D eigenvalue weighted by molar-refractivity contribution is 5.85. The molecule has 0 radical (unpaired) electrons. The van der Waals surface area contributed by atoms with E-state index in [1.165, 1.54) is 18.9 Å². The molecule has 1 rings (SSSR count). The first-order valence-corrected chi connectivity index (χ1v) is 5.54.